The van der Waals surface area contributed by atoms with Crippen LogP contribution in [0.15, 0.2) is 45.3 Å². The molecule has 0 aliphatic rings. The van der Waals surface area contributed by atoms with E-state index in [9.17, 15) is 10.2 Å². The minimum atomic E-state index is -0.0407. The van der Waals surface area contributed by atoms with Crippen molar-refractivity contribution in [2.24, 2.45) is 0 Å². The van der Waals surface area contributed by atoms with Gasteiger partial charge in [-0.25, -0.2) is 0 Å². The van der Waals surface area contributed by atoms with Gasteiger partial charge in [0.05, 0.1) is 13.2 Å². The fourth-order valence-corrected chi connectivity index (χ4v) is 3.17. The summed E-state index contributed by atoms with van der Waals surface area (Å²) in [5.41, 5.74) is 3.48. The Hall–Kier alpha value is -0.680. The molecule has 0 aliphatic heterocycles. The van der Waals surface area contributed by atoms with Gasteiger partial charge in [-0.05, 0) is 23.3 Å². The molecule has 0 radical (unpaired) electrons. The van der Waals surface area contributed by atoms with E-state index < -0.39 is 0 Å². The number of aliphatic hydroxyl groups is 2. The maximum atomic E-state index is 9.46. The SMILES string of the molecule is OCc1cccc(Br)c1-c1c(Br)cccc1CO. The predicted molar refractivity (Wildman–Crippen MR) is 79.1 cm³/mol. The average molecular weight is 372 g/mol. The first-order chi connectivity index (χ1) is 8.69. The highest BCUT2D eigenvalue weighted by atomic mass is 79.9. The number of hydrogen-bond donors (Lipinski definition) is 2. The zero-order valence-corrected chi connectivity index (χ0v) is 12.7. The molecule has 2 aromatic rings. The summed E-state index contributed by atoms with van der Waals surface area (Å²) in [6, 6.07) is 11.4. The minimum Gasteiger partial charge on any atom is -0.392 e. The summed E-state index contributed by atoms with van der Waals surface area (Å²) in [6.45, 7) is -0.0814. The third-order valence-electron chi connectivity index (χ3n) is 2.79. The summed E-state index contributed by atoms with van der Waals surface area (Å²) in [5.74, 6) is 0. The number of hydrogen-bond acceptors (Lipinski definition) is 2. The van der Waals surface area contributed by atoms with Gasteiger partial charge in [0.15, 0.2) is 0 Å². The van der Waals surface area contributed by atoms with E-state index >= 15 is 0 Å². The lowest BCUT2D eigenvalue weighted by Crippen LogP contribution is -1.96. The van der Waals surface area contributed by atoms with Gasteiger partial charge in [-0.2, -0.15) is 0 Å². The monoisotopic (exact) mass is 370 g/mol. The maximum absolute atomic E-state index is 9.46. The molecule has 0 spiro atoms. The highest BCUT2D eigenvalue weighted by Gasteiger charge is 2.15. The van der Waals surface area contributed by atoms with Crippen LogP contribution in [-0.4, -0.2) is 10.2 Å². The van der Waals surface area contributed by atoms with Gasteiger partial charge < -0.3 is 10.2 Å². The molecule has 0 aromatic heterocycles. The molecule has 0 saturated carbocycles. The molecule has 2 N–H and O–H groups in total. The summed E-state index contributed by atoms with van der Waals surface area (Å²) in [5, 5.41) is 18.9. The fourth-order valence-electron chi connectivity index (χ4n) is 1.96. The molecule has 2 aromatic carbocycles. The van der Waals surface area contributed by atoms with E-state index in [0.717, 1.165) is 31.2 Å². The third kappa shape index (κ3) is 2.52. The molecule has 0 bridgehead atoms. The van der Waals surface area contributed by atoms with Crippen LogP contribution in [0.3, 0.4) is 0 Å². The summed E-state index contributed by atoms with van der Waals surface area (Å²) in [7, 11) is 0. The summed E-state index contributed by atoms with van der Waals surface area (Å²) in [4.78, 5) is 0. The Morgan fingerprint density at radius 3 is 1.44 bits per heavy atom. The number of benzene rings is 2. The second kappa shape index (κ2) is 5.97. The van der Waals surface area contributed by atoms with Gasteiger partial charge in [-0.15, -0.1) is 0 Å². The van der Waals surface area contributed by atoms with Crippen LogP contribution in [0.1, 0.15) is 11.1 Å². The number of rotatable bonds is 3. The molecule has 2 rings (SSSR count). The largest absolute Gasteiger partial charge is 0.392 e. The molecular weight excluding hydrogens is 360 g/mol. The van der Waals surface area contributed by atoms with E-state index in [2.05, 4.69) is 31.9 Å². The smallest absolute Gasteiger partial charge is 0.0688 e. The highest BCUT2D eigenvalue weighted by Crippen LogP contribution is 2.38. The Bertz CT molecular complexity index is 516. The van der Waals surface area contributed by atoms with Crippen molar-refractivity contribution in [1.29, 1.82) is 0 Å². The van der Waals surface area contributed by atoms with E-state index in [0.29, 0.717) is 0 Å². The van der Waals surface area contributed by atoms with Crippen LogP contribution in [0, 0.1) is 0 Å². The Balaban J connectivity index is 2.76. The maximum Gasteiger partial charge on any atom is 0.0688 e. The average Bonchev–Trinajstić information content (AvgIpc) is 2.38. The second-order valence-corrected chi connectivity index (χ2v) is 5.57. The molecule has 4 heteroatoms. The Labute approximate surface area is 123 Å². The van der Waals surface area contributed by atoms with Crippen LogP contribution >= 0.6 is 31.9 Å². The number of aliphatic hydroxyl groups excluding tert-OH is 2. The van der Waals surface area contributed by atoms with Gasteiger partial charge in [0.25, 0.3) is 0 Å². The van der Waals surface area contributed by atoms with Crippen molar-refractivity contribution in [2.75, 3.05) is 0 Å². The van der Waals surface area contributed by atoms with Gasteiger partial charge in [0.1, 0.15) is 0 Å². The lowest BCUT2D eigenvalue weighted by atomic mass is 9.96. The summed E-state index contributed by atoms with van der Waals surface area (Å²) in [6.07, 6.45) is 0. The van der Waals surface area contributed by atoms with Crippen LogP contribution in [0.5, 0.6) is 0 Å². The molecule has 94 valence electrons. The topological polar surface area (TPSA) is 40.5 Å². The lowest BCUT2D eigenvalue weighted by molar-refractivity contribution is 0.280. The normalized spacial score (nSPS) is 10.7. The van der Waals surface area contributed by atoms with E-state index in [-0.39, 0.29) is 13.2 Å². The van der Waals surface area contributed by atoms with Gasteiger partial charge in [0, 0.05) is 20.1 Å². The molecule has 2 nitrogen and oxygen atoms in total. The molecule has 0 heterocycles. The Morgan fingerprint density at radius 1 is 0.722 bits per heavy atom. The van der Waals surface area contributed by atoms with Crippen molar-refractivity contribution in [3.63, 3.8) is 0 Å². The highest BCUT2D eigenvalue weighted by molar-refractivity contribution is 9.11. The van der Waals surface area contributed by atoms with Crippen molar-refractivity contribution in [1.82, 2.24) is 0 Å². The standard InChI is InChI=1S/C14H12Br2O2/c15-11-5-1-3-9(7-17)13(11)14-10(8-18)4-2-6-12(14)16/h1-6,17-18H,7-8H2. The first-order valence-electron chi connectivity index (χ1n) is 5.46. The Morgan fingerprint density at radius 2 is 1.11 bits per heavy atom. The zero-order valence-electron chi connectivity index (χ0n) is 9.53. The molecule has 0 amide bonds. The molecule has 18 heavy (non-hydrogen) atoms. The van der Waals surface area contributed by atoms with Crippen LogP contribution in [0.4, 0.5) is 0 Å². The molecular formula is C14H12Br2O2. The van der Waals surface area contributed by atoms with Crippen molar-refractivity contribution in [3.05, 3.63) is 56.5 Å². The van der Waals surface area contributed by atoms with E-state index in [1.54, 1.807) is 0 Å². The lowest BCUT2D eigenvalue weighted by Gasteiger charge is -2.15. The number of halogens is 2. The van der Waals surface area contributed by atoms with E-state index in [1.165, 1.54) is 0 Å². The quantitative estimate of drug-likeness (QED) is 0.859. The molecule has 0 fully saturated rings. The first kappa shape index (κ1) is 13.7. The summed E-state index contributed by atoms with van der Waals surface area (Å²) >= 11 is 7.02. The van der Waals surface area contributed by atoms with Gasteiger partial charge >= 0.3 is 0 Å². The van der Waals surface area contributed by atoms with Gasteiger partial charge in [-0.1, -0.05) is 56.1 Å². The predicted octanol–water partition coefficient (Wildman–Crippen LogP) is 3.86. The van der Waals surface area contributed by atoms with Crippen molar-refractivity contribution in [2.45, 2.75) is 13.2 Å². The minimum absolute atomic E-state index is 0.0407. The van der Waals surface area contributed by atoms with Crippen LogP contribution in [-0.2, 0) is 13.2 Å². The fraction of sp³-hybridized carbons (Fsp3) is 0.143. The summed E-state index contributed by atoms with van der Waals surface area (Å²) < 4.78 is 1.80. The zero-order chi connectivity index (χ0) is 13.1. The van der Waals surface area contributed by atoms with Crippen molar-refractivity contribution in [3.8, 4) is 11.1 Å². The van der Waals surface area contributed by atoms with Gasteiger partial charge in [-0.3, -0.25) is 0 Å². The molecule has 0 atom stereocenters. The molecule has 0 aliphatic carbocycles. The van der Waals surface area contributed by atoms with Gasteiger partial charge in [0.2, 0.25) is 0 Å². The molecule has 0 unspecified atom stereocenters. The third-order valence-corrected chi connectivity index (χ3v) is 4.11. The van der Waals surface area contributed by atoms with Crippen LogP contribution in [0.25, 0.3) is 11.1 Å². The second-order valence-electron chi connectivity index (χ2n) is 3.86. The van der Waals surface area contributed by atoms with Crippen molar-refractivity contribution < 1.29 is 10.2 Å². The van der Waals surface area contributed by atoms with E-state index in [4.69, 9.17) is 0 Å². The van der Waals surface area contributed by atoms with E-state index in [1.807, 2.05) is 36.4 Å². The Kier molecular flexibility index (Phi) is 4.56. The van der Waals surface area contributed by atoms with Crippen LogP contribution in [0.2, 0.25) is 0 Å². The molecule has 0 saturated heterocycles. The van der Waals surface area contributed by atoms with Crippen LogP contribution < -0.4 is 0 Å². The first-order valence-corrected chi connectivity index (χ1v) is 7.04. The van der Waals surface area contributed by atoms with Crippen molar-refractivity contribution >= 4 is 31.9 Å².